The van der Waals surface area contributed by atoms with E-state index >= 15 is 0 Å². The van der Waals surface area contributed by atoms with Gasteiger partial charge in [-0.15, -0.1) is 0 Å². The highest BCUT2D eigenvalue weighted by atomic mass is 16.7. The molecule has 2 heterocycles. The Hall–Kier alpha value is -3.28. The average Bonchev–Trinajstić information content (AvgIpc) is 3.35. The average molecular weight is 377 g/mol. The van der Waals surface area contributed by atoms with Crippen molar-refractivity contribution in [3.63, 3.8) is 0 Å². The SMILES string of the molecule is Cc1nccn1CCNC(=O)C[C@H](c1ccccc1)c1ccc2c(c1)OCO2. The lowest BCUT2D eigenvalue weighted by Crippen LogP contribution is -2.28. The number of amides is 1. The Bertz CT molecular complexity index is 953. The van der Waals surface area contributed by atoms with Gasteiger partial charge in [0.15, 0.2) is 11.5 Å². The predicted octanol–water partition coefficient (Wildman–Crippen LogP) is 3.26. The van der Waals surface area contributed by atoms with Crippen molar-refractivity contribution < 1.29 is 14.3 Å². The Morgan fingerprint density at radius 1 is 1.14 bits per heavy atom. The maximum Gasteiger partial charge on any atom is 0.231 e. The molecule has 6 heteroatoms. The fourth-order valence-corrected chi connectivity index (χ4v) is 3.46. The summed E-state index contributed by atoms with van der Waals surface area (Å²) in [4.78, 5) is 16.9. The van der Waals surface area contributed by atoms with E-state index in [1.807, 2.05) is 54.1 Å². The van der Waals surface area contributed by atoms with Crippen LogP contribution in [0, 0.1) is 6.92 Å². The van der Waals surface area contributed by atoms with Gasteiger partial charge in [-0.3, -0.25) is 4.79 Å². The quantitative estimate of drug-likeness (QED) is 0.686. The van der Waals surface area contributed by atoms with E-state index in [0.717, 1.165) is 28.5 Å². The molecule has 144 valence electrons. The second-order valence-electron chi connectivity index (χ2n) is 6.80. The highest BCUT2D eigenvalue weighted by molar-refractivity contribution is 5.77. The molecule has 3 aromatic rings. The fraction of sp³-hybridized carbons (Fsp3) is 0.273. The molecular formula is C22H23N3O3. The molecule has 1 aliphatic rings. The number of nitrogens with one attached hydrogen (secondary N) is 1. The van der Waals surface area contributed by atoms with Crippen molar-refractivity contribution in [2.75, 3.05) is 13.3 Å². The van der Waals surface area contributed by atoms with E-state index in [1.54, 1.807) is 6.20 Å². The Morgan fingerprint density at radius 2 is 1.96 bits per heavy atom. The molecule has 0 spiro atoms. The van der Waals surface area contributed by atoms with E-state index in [-0.39, 0.29) is 18.6 Å². The molecule has 4 rings (SSSR count). The molecule has 0 unspecified atom stereocenters. The molecule has 0 fully saturated rings. The van der Waals surface area contributed by atoms with Gasteiger partial charge in [-0.1, -0.05) is 36.4 Å². The lowest BCUT2D eigenvalue weighted by atomic mass is 9.88. The first-order valence-corrected chi connectivity index (χ1v) is 9.39. The summed E-state index contributed by atoms with van der Waals surface area (Å²) >= 11 is 0. The number of benzene rings is 2. The number of ether oxygens (including phenoxy) is 2. The Kier molecular flexibility index (Phi) is 5.28. The van der Waals surface area contributed by atoms with Crippen LogP contribution in [0.2, 0.25) is 0 Å². The summed E-state index contributed by atoms with van der Waals surface area (Å²) in [7, 11) is 0. The number of aryl methyl sites for hydroxylation is 1. The minimum atomic E-state index is -0.0503. The van der Waals surface area contributed by atoms with Crippen LogP contribution in [-0.4, -0.2) is 28.8 Å². The van der Waals surface area contributed by atoms with Crippen LogP contribution in [0.5, 0.6) is 11.5 Å². The summed E-state index contributed by atoms with van der Waals surface area (Å²) in [5.41, 5.74) is 2.14. The summed E-state index contributed by atoms with van der Waals surface area (Å²) < 4.78 is 12.9. The zero-order valence-electron chi connectivity index (χ0n) is 15.8. The number of carbonyl (C=O) groups excluding carboxylic acids is 1. The molecule has 1 atom stereocenters. The first-order valence-electron chi connectivity index (χ1n) is 9.39. The first-order chi connectivity index (χ1) is 13.7. The fourth-order valence-electron chi connectivity index (χ4n) is 3.46. The monoisotopic (exact) mass is 377 g/mol. The second kappa shape index (κ2) is 8.17. The van der Waals surface area contributed by atoms with Crippen LogP contribution in [0.1, 0.15) is 29.3 Å². The highest BCUT2D eigenvalue weighted by Crippen LogP contribution is 2.37. The Labute approximate surface area is 164 Å². The van der Waals surface area contributed by atoms with Crippen LogP contribution in [-0.2, 0) is 11.3 Å². The van der Waals surface area contributed by atoms with E-state index < -0.39 is 0 Å². The Morgan fingerprint density at radius 3 is 2.75 bits per heavy atom. The van der Waals surface area contributed by atoms with E-state index in [2.05, 4.69) is 22.4 Å². The van der Waals surface area contributed by atoms with Gasteiger partial charge in [0.25, 0.3) is 0 Å². The van der Waals surface area contributed by atoms with Gasteiger partial charge in [0.05, 0.1) is 0 Å². The molecule has 1 aromatic heterocycles. The van der Waals surface area contributed by atoms with Gasteiger partial charge >= 0.3 is 0 Å². The molecule has 0 aliphatic carbocycles. The zero-order chi connectivity index (χ0) is 19.3. The third-order valence-corrected chi connectivity index (χ3v) is 4.99. The second-order valence-corrected chi connectivity index (χ2v) is 6.80. The normalized spacial score (nSPS) is 13.3. The first kappa shape index (κ1) is 18.1. The molecule has 0 bridgehead atoms. The molecule has 1 aliphatic heterocycles. The summed E-state index contributed by atoms with van der Waals surface area (Å²) in [5.74, 6) is 2.39. The standard InChI is InChI=1S/C22H23N3O3/c1-16-23-9-11-25(16)12-10-24-22(26)14-19(17-5-3-2-4-6-17)18-7-8-20-21(13-18)28-15-27-20/h2-9,11,13,19H,10,12,14-15H2,1H3,(H,24,26)/t19-/m1/s1. The van der Waals surface area contributed by atoms with Crippen molar-refractivity contribution in [3.8, 4) is 11.5 Å². The summed E-state index contributed by atoms with van der Waals surface area (Å²) in [6.45, 7) is 3.46. The summed E-state index contributed by atoms with van der Waals surface area (Å²) in [6.07, 6.45) is 4.05. The van der Waals surface area contributed by atoms with Crippen LogP contribution < -0.4 is 14.8 Å². The molecule has 1 amide bonds. The van der Waals surface area contributed by atoms with Crippen molar-refractivity contribution in [1.82, 2.24) is 14.9 Å². The third kappa shape index (κ3) is 4.01. The number of imidazole rings is 1. The molecule has 2 aromatic carbocycles. The van der Waals surface area contributed by atoms with E-state index in [4.69, 9.17) is 9.47 Å². The summed E-state index contributed by atoms with van der Waals surface area (Å²) in [6, 6.07) is 16.0. The molecule has 0 radical (unpaired) electrons. The zero-order valence-corrected chi connectivity index (χ0v) is 15.8. The maximum atomic E-state index is 12.7. The minimum absolute atomic E-state index is 0.0179. The number of hydrogen-bond donors (Lipinski definition) is 1. The molecule has 1 N–H and O–H groups in total. The van der Waals surface area contributed by atoms with Gasteiger partial charge in [-0.25, -0.2) is 4.98 Å². The van der Waals surface area contributed by atoms with Gasteiger partial charge in [-0.2, -0.15) is 0 Å². The smallest absolute Gasteiger partial charge is 0.231 e. The van der Waals surface area contributed by atoms with Crippen molar-refractivity contribution >= 4 is 5.91 Å². The third-order valence-electron chi connectivity index (χ3n) is 4.99. The van der Waals surface area contributed by atoms with Crippen molar-refractivity contribution in [1.29, 1.82) is 0 Å². The number of aromatic nitrogens is 2. The van der Waals surface area contributed by atoms with Crippen LogP contribution in [0.4, 0.5) is 0 Å². The van der Waals surface area contributed by atoms with Gasteiger partial charge < -0.3 is 19.4 Å². The molecule has 0 saturated carbocycles. The molecule has 6 nitrogen and oxygen atoms in total. The van der Waals surface area contributed by atoms with Crippen LogP contribution in [0.25, 0.3) is 0 Å². The lowest BCUT2D eigenvalue weighted by Gasteiger charge is -2.18. The number of rotatable bonds is 7. The van der Waals surface area contributed by atoms with E-state index in [0.29, 0.717) is 19.5 Å². The van der Waals surface area contributed by atoms with Gasteiger partial charge in [0.2, 0.25) is 12.7 Å². The maximum absolute atomic E-state index is 12.7. The minimum Gasteiger partial charge on any atom is -0.454 e. The van der Waals surface area contributed by atoms with Crippen molar-refractivity contribution in [2.45, 2.75) is 25.8 Å². The van der Waals surface area contributed by atoms with Crippen LogP contribution in [0.15, 0.2) is 60.9 Å². The molecule has 0 saturated heterocycles. The summed E-state index contributed by atoms with van der Waals surface area (Å²) in [5, 5.41) is 3.03. The largest absolute Gasteiger partial charge is 0.454 e. The molecule has 28 heavy (non-hydrogen) atoms. The predicted molar refractivity (Wildman–Crippen MR) is 105 cm³/mol. The van der Waals surface area contributed by atoms with Gasteiger partial charge in [-0.05, 0) is 30.2 Å². The van der Waals surface area contributed by atoms with Crippen LogP contribution >= 0.6 is 0 Å². The van der Waals surface area contributed by atoms with E-state index in [1.165, 1.54) is 0 Å². The number of carbonyl (C=O) groups is 1. The van der Waals surface area contributed by atoms with Crippen molar-refractivity contribution in [3.05, 3.63) is 77.9 Å². The van der Waals surface area contributed by atoms with Gasteiger partial charge in [0, 0.05) is 37.8 Å². The Balaban J connectivity index is 1.46. The number of fused-ring (bicyclic) bond motifs is 1. The molecular weight excluding hydrogens is 354 g/mol. The van der Waals surface area contributed by atoms with Crippen molar-refractivity contribution in [2.24, 2.45) is 0 Å². The topological polar surface area (TPSA) is 65.4 Å². The lowest BCUT2D eigenvalue weighted by molar-refractivity contribution is -0.121. The highest BCUT2D eigenvalue weighted by Gasteiger charge is 2.21. The van der Waals surface area contributed by atoms with E-state index in [9.17, 15) is 4.79 Å². The van der Waals surface area contributed by atoms with Crippen LogP contribution in [0.3, 0.4) is 0 Å². The van der Waals surface area contributed by atoms with Gasteiger partial charge in [0.1, 0.15) is 5.82 Å². The number of nitrogens with zero attached hydrogens (tertiary/aromatic N) is 2. The number of hydrogen-bond acceptors (Lipinski definition) is 4.